The van der Waals surface area contributed by atoms with Gasteiger partial charge in [-0.25, -0.2) is 4.99 Å². The molecule has 158 valence electrons. The second-order valence-corrected chi connectivity index (χ2v) is 6.93. The third-order valence-corrected chi connectivity index (χ3v) is 4.33. The Kier molecular flexibility index (Phi) is 9.31. The Bertz CT molecular complexity index is 786. The molecule has 0 saturated carbocycles. The van der Waals surface area contributed by atoms with Gasteiger partial charge < -0.3 is 25.2 Å². The number of methoxy groups -OCH3 is 1. The van der Waals surface area contributed by atoms with Crippen LogP contribution in [-0.4, -0.2) is 44.5 Å². The van der Waals surface area contributed by atoms with Crippen LogP contribution in [0.4, 0.5) is 0 Å². The van der Waals surface area contributed by atoms with Crippen LogP contribution in [0.3, 0.4) is 0 Å². The monoisotopic (exact) mass is 399 g/mol. The first-order chi connectivity index (χ1) is 14.0. The zero-order valence-corrected chi connectivity index (χ0v) is 17.9. The number of aliphatic hydroxyl groups excluding tert-OH is 1. The summed E-state index contributed by atoms with van der Waals surface area (Å²) in [4.78, 5) is 4.68. The highest BCUT2D eigenvalue weighted by molar-refractivity contribution is 5.79. The van der Waals surface area contributed by atoms with Crippen molar-refractivity contribution in [2.75, 3.05) is 33.4 Å². The lowest BCUT2D eigenvalue weighted by atomic mass is 10.1. The van der Waals surface area contributed by atoms with E-state index >= 15 is 0 Å². The number of aliphatic imine (C=N–C) groups is 1. The molecule has 0 amide bonds. The summed E-state index contributed by atoms with van der Waals surface area (Å²) in [6.45, 7) is 8.65. The molecule has 0 heterocycles. The maximum Gasteiger partial charge on any atom is 0.191 e. The number of hydrogen-bond donors (Lipinski definition) is 3. The van der Waals surface area contributed by atoms with E-state index in [-0.39, 0.29) is 13.2 Å². The third-order valence-electron chi connectivity index (χ3n) is 4.33. The van der Waals surface area contributed by atoms with E-state index in [2.05, 4.69) is 54.6 Å². The van der Waals surface area contributed by atoms with Crippen LogP contribution < -0.4 is 20.1 Å². The summed E-state index contributed by atoms with van der Waals surface area (Å²) in [5.74, 6) is 2.04. The Labute approximate surface area is 174 Å². The highest BCUT2D eigenvalue weighted by Crippen LogP contribution is 2.28. The van der Waals surface area contributed by atoms with Crippen molar-refractivity contribution in [3.63, 3.8) is 0 Å². The molecule has 0 saturated heterocycles. The highest BCUT2D eigenvalue weighted by Gasteiger charge is 2.06. The molecule has 0 aliphatic heterocycles. The van der Waals surface area contributed by atoms with E-state index < -0.39 is 0 Å². The molecule has 6 nitrogen and oxygen atoms in total. The van der Waals surface area contributed by atoms with Crippen LogP contribution in [0.2, 0.25) is 0 Å². The minimum atomic E-state index is -0.0327. The van der Waals surface area contributed by atoms with Gasteiger partial charge in [0, 0.05) is 13.1 Å². The van der Waals surface area contributed by atoms with Crippen molar-refractivity contribution in [2.24, 2.45) is 4.99 Å². The summed E-state index contributed by atoms with van der Waals surface area (Å²) in [6, 6.07) is 12.4. The first-order valence-corrected chi connectivity index (χ1v) is 10.1. The van der Waals surface area contributed by atoms with E-state index in [4.69, 9.17) is 14.6 Å². The van der Waals surface area contributed by atoms with Gasteiger partial charge in [-0.05, 0) is 50.5 Å². The summed E-state index contributed by atoms with van der Waals surface area (Å²) in [5, 5.41) is 15.6. The lowest BCUT2D eigenvalue weighted by molar-refractivity contribution is 0.196. The van der Waals surface area contributed by atoms with E-state index in [0.29, 0.717) is 18.0 Å². The zero-order valence-electron chi connectivity index (χ0n) is 17.9. The van der Waals surface area contributed by atoms with Gasteiger partial charge in [0.05, 0.1) is 20.3 Å². The highest BCUT2D eigenvalue weighted by atomic mass is 16.5. The van der Waals surface area contributed by atoms with Gasteiger partial charge in [0.2, 0.25) is 0 Å². The number of rotatable bonds is 10. The first-order valence-electron chi connectivity index (χ1n) is 10.1. The molecular formula is C23H33N3O3. The van der Waals surface area contributed by atoms with Crippen LogP contribution in [0, 0.1) is 13.8 Å². The second-order valence-electron chi connectivity index (χ2n) is 6.93. The fourth-order valence-corrected chi connectivity index (χ4v) is 3.14. The Balaban J connectivity index is 1.97. The van der Waals surface area contributed by atoms with E-state index in [1.165, 1.54) is 16.7 Å². The second kappa shape index (κ2) is 12.0. The molecule has 0 unspecified atom stereocenters. The summed E-state index contributed by atoms with van der Waals surface area (Å²) in [5.41, 5.74) is 4.93. The minimum Gasteiger partial charge on any atom is -0.493 e. The molecule has 2 rings (SSSR count). The molecule has 6 heteroatoms. The van der Waals surface area contributed by atoms with Crippen molar-refractivity contribution in [3.8, 4) is 11.5 Å². The number of nitrogens with zero attached hydrogens (tertiary/aromatic N) is 1. The predicted molar refractivity (Wildman–Crippen MR) is 118 cm³/mol. The normalized spacial score (nSPS) is 11.3. The largest absolute Gasteiger partial charge is 0.493 e. The van der Waals surface area contributed by atoms with Gasteiger partial charge in [-0.2, -0.15) is 0 Å². The van der Waals surface area contributed by atoms with E-state index in [9.17, 15) is 0 Å². The topological polar surface area (TPSA) is 75.1 Å². The van der Waals surface area contributed by atoms with Crippen molar-refractivity contribution in [2.45, 2.75) is 33.7 Å². The molecule has 0 bridgehead atoms. The Morgan fingerprint density at radius 2 is 1.76 bits per heavy atom. The average Bonchev–Trinajstić information content (AvgIpc) is 2.70. The Morgan fingerprint density at radius 3 is 2.41 bits per heavy atom. The molecule has 0 aliphatic rings. The van der Waals surface area contributed by atoms with Crippen molar-refractivity contribution in [3.05, 3.63) is 58.7 Å². The number of hydrogen-bond acceptors (Lipinski definition) is 4. The minimum absolute atomic E-state index is 0.0327. The molecule has 0 fully saturated rings. The van der Waals surface area contributed by atoms with E-state index in [1.54, 1.807) is 7.11 Å². The number of ether oxygens (including phenoxy) is 2. The number of nitrogens with one attached hydrogen (secondary N) is 2. The molecule has 0 atom stereocenters. The summed E-state index contributed by atoms with van der Waals surface area (Å²) >= 11 is 0. The summed E-state index contributed by atoms with van der Waals surface area (Å²) < 4.78 is 10.9. The maximum atomic E-state index is 8.91. The zero-order chi connectivity index (χ0) is 21.1. The van der Waals surface area contributed by atoms with Crippen molar-refractivity contribution in [1.82, 2.24) is 10.6 Å². The number of aryl methyl sites for hydroxylation is 2. The SMILES string of the molecule is CCNC(=NCc1ccc(OCCO)c(OC)c1)NCCc1cc(C)cc(C)c1. The number of aliphatic hydroxyl groups is 1. The lowest BCUT2D eigenvalue weighted by Gasteiger charge is -2.13. The van der Waals surface area contributed by atoms with Gasteiger partial charge in [0.25, 0.3) is 0 Å². The Morgan fingerprint density at radius 1 is 1.00 bits per heavy atom. The van der Waals surface area contributed by atoms with Crippen LogP contribution in [0.1, 0.15) is 29.2 Å². The molecule has 0 aliphatic carbocycles. The lowest BCUT2D eigenvalue weighted by Crippen LogP contribution is -2.38. The number of benzene rings is 2. The molecule has 2 aromatic rings. The van der Waals surface area contributed by atoms with Gasteiger partial charge >= 0.3 is 0 Å². The van der Waals surface area contributed by atoms with Gasteiger partial charge in [0.15, 0.2) is 17.5 Å². The molecule has 0 radical (unpaired) electrons. The van der Waals surface area contributed by atoms with Crippen LogP contribution in [-0.2, 0) is 13.0 Å². The molecular weight excluding hydrogens is 366 g/mol. The first kappa shape index (κ1) is 22.6. The fraction of sp³-hybridized carbons (Fsp3) is 0.435. The van der Waals surface area contributed by atoms with Crippen LogP contribution in [0.5, 0.6) is 11.5 Å². The predicted octanol–water partition coefficient (Wildman–Crippen LogP) is 2.98. The molecule has 2 aromatic carbocycles. The van der Waals surface area contributed by atoms with Crippen molar-refractivity contribution < 1.29 is 14.6 Å². The van der Waals surface area contributed by atoms with Crippen LogP contribution >= 0.6 is 0 Å². The van der Waals surface area contributed by atoms with Crippen LogP contribution in [0.25, 0.3) is 0 Å². The average molecular weight is 400 g/mol. The third kappa shape index (κ3) is 7.66. The van der Waals surface area contributed by atoms with Gasteiger partial charge in [-0.15, -0.1) is 0 Å². The van der Waals surface area contributed by atoms with E-state index in [1.807, 2.05) is 18.2 Å². The fourth-order valence-electron chi connectivity index (χ4n) is 3.14. The van der Waals surface area contributed by atoms with Gasteiger partial charge in [-0.1, -0.05) is 35.4 Å². The van der Waals surface area contributed by atoms with Crippen molar-refractivity contribution in [1.29, 1.82) is 0 Å². The van der Waals surface area contributed by atoms with E-state index in [0.717, 1.165) is 31.0 Å². The molecule has 0 aromatic heterocycles. The standard InChI is InChI=1S/C23H33N3O3/c1-5-24-23(25-9-8-19-13-17(2)12-18(3)14-19)26-16-20-6-7-21(29-11-10-27)22(15-20)28-4/h6-7,12-15,27H,5,8-11,16H2,1-4H3,(H2,24,25,26). The number of guanidine groups is 1. The molecule has 29 heavy (non-hydrogen) atoms. The quantitative estimate of drug-likeness (QED) is 0.423. The van der Waals surface area contributed by atoms with Gasteiger partial charge in [0.1, 0.15) is 6.61 Å². The summed E-state index contributed by atoms with van der Waals surface area (Å²) in [7, 11) is 1.60. The smallest absolute Gasteiger partial charge is 0.191 e. The maximum absolute atomic E-state index is 8.91. The molecule has 0 spiro atoms. The Hall–Kier alpha value is -2.73. The van der Waals surface area contributed by atoms with Crippen LogP contribution in [0.15, 0.2) is 41.4 Å². The van der Waals surface area contributed by atoms with Crippen molar-refractivity contribution >= 4 is 5.96 Å². The summed E-state index contributed by atoms with van der Waals surface area (Å²) in [6.07, 6.45) is 0.942. The molecule has 3 N–H and O–H groups in total. The van der Waals surface area contributed by atoms with Gasteiger partial charge in [-0.3, -0.25) is 0 Å².